The SMILES string of the molecule is CCCCCCCCCCCCCCCCCC(=O)OCC(O)CO.CCCCCCCCCCCCCCCCCCOCCCCCCCCCCCCCCCCCC. The van der Waals surface area contributed by atoms with E-state index in [0.29, 0.717) is 6.42 Å². The highest BCUT2D eigenvalue weighted by Crippen LogP contribution is 2.17. The Morgan fingerprint density at radius 3 is 0.774 bits per heavy atom. The van der Waals surface area contributed by atoms with E-state index < -0.39 is 6.10 Å². The number of unbranched alkanes of at least 4 members (excludes halogenated alkanes) is 44. The van der Waals surface area contributed by atoms with Crippen LogP contribution in [0.25, 0.3) is 0 Å². The molecule has 0 amide bonds. The predicted octanol–water partition coefficient (Wildman–Crippen LogP) is 18.7. The van der Waals surface area contributed by atoms with Crippen molar-refractivity contribution < 1.29 is 24.5 Å². The van der Waals surface area contributed by atoms with Crippen LogP contribution in [0.4, 0.5) is 0 Å². The Morgan fingerprint density at radius 1 is 0.339 bits per heavy atom. The summed E-state index contributed by atoms with van der Waals surface area (Å²) >= 11 is 0. The van der Waals surface area contributed by atoms with Gasteiger partial charge in [0.15, 0.2) is 0 Å². The maximum absolute atomic E-state index is 11.4. The molecule has 5 nitrogen and oxygen atoms in total. The number of carbonyl (C=O) groups is 1. The Morgan fingerprint density at radius 2 is 0.548 bits per heavy atom. The maximum atomic E-state index is 11.4. The molecule has 0 saturated carbocycles. The molecular weight excluding hydrogens is 765 g/mol. The molecule has 0 aliphatic rings. The van der Waals surface area contributed by atoms with Crippen molar-refractivity contribution in [3.8, 4) is 0 Å². The van der Waals surface area contributed by atoms with E-state index in [0.717, 1.165) is 26.1 Å². The topological polar surface area (TPSA) is 76.0 Å². The molecular formula is C57H116O5. The quantitative estimate of drug-likeness (QED) is 0.0470. The Hall–Kier alpha value is -0.650. The lowest BCUT2D eigenvalue weighted by Crippen LogP contribution is -2.21. The summed E-state index contributed by atoms with van der Waals surface area (Å²) < 4.78 is 10.7. The van der Waals surface area contributed by atoms with Crippen molar-refractivity contribution in [3.05, 3.63) is 0 Å². The molecule has 0 radical (unpaired) electrons. The van der Waals surface area contributed by atoms with Crippen LogP contribution >= 0.6 is 0 Å². The third kappa shape index (κ3) is 61.4. The molecule has 5 heteroatoms. The minimum Gasteiger partial charge on any atom is -0.463 e. The Bertz CT molecular complexity index is 740. The smallest absolute Gasteiger partial charge is 0.305 e. The largest absolute Gasteiger partial charge is 0.463 e. The van der Waals surface area contributed by atoms with Gasteiger partial charge in [0.2, 0.25) is 0 Å². The van der Waals surface area contributed by atoms with Gasteiger partial charge in [-0.1, -0.05) is 303 Å². The first kappa shape index (κ1) is 63.4. The van der Waals surface area contributed by atoms with Crippen LogP contribution in [-0.2, 0) is 14.3 Å². The van der Waals surface area contributed by atoms with E-state index in [1.165, 1.54) is 289 Å². The zero-order chi connectivity index (χ0) is 45.3. The number of rotatable bonds is 53. The molecule has 0 heterocycles. The monoisotopic (exact) mass is 881 g/mol. The minimum atomic E-state index is -0.954. The lowest BCUT2D eigenvalue weighted by atomic mass is 10.0. The molecule has 0 saturated heterocycles. The minimum absolute atomic E-state index is 0.103. The van der Waals surface area contributed by atoms with Gasteiger partial charge in [0.05, 0.1) is 6.61 Å². The van der Waals surface area contributed by atoms with Crippen LogP contribution in [0.15, 0.2) is 0 Å². The number of esters is 1. The molecule has 0 aromatic rings. The molecule has 0 aromatic heterocycles. The summed E-state index contributed by atoms with van der Waals surface area (Å²) in [5.41, 5.74) is 0. The summed E-state index contributed by atoms with van der Waals surface area (Å²) in [5.74, 6) is -0.276. The average Bonchev–Trinajstić information content (AvgIpc) is 3.28. The molecule has 2 N–H and O–H groups in total. The van der Waals surface area contributed by atoms with Gasteiger partial charge in [0.1, 0.15) is 12.7 Å². The molecule has 0 bridgehead atoms. The Balaban J connectivity index is 0. The summed E-state index contributed by atoms with van der Waals surface area (Å²) in [4.78, 5) is 11.4. The average molecular weight is 882 g/mol. The second kappa shape index (κ2) is 60.4. The van der Waals surface area contributed by atoms with E-state index in [1.54, 1.807) is 0 Å². The van der Waals surface area contributed by atoms with Crippen LogP contribution in [0.2, 0.25) is 0 Å². The highest BCUT2D eigenvalue weighted by molar-refractivity contribution is 5.69. The molecule has 62 heavy (non-hydrogen) atoms. The van der Waals surface area contributed by atoms with Crippen molar-refractivity contribution in [2.45, 2.75) is 335 Å². The van der Waals surface area contributed by atoms with Gasteiger partial charge < -0.3 is 19.7 Å². The van der Waals surface area contributed by atoms with E-state index >= 15 is 0 Å². The Labute approximate surface area is 390 Å². The summed E-state index contributed by atoms with van der Waals surface area (Å²) in [6.45, 7) is 8.39. The number of aliphatic hydroxyl groups is 2. The molecule has 0 spiro atoms. The fourth-order valence-corrected chi connectivity index (χ4v) is 8.56. The van der Waals surface area contributed by atoms with E-state index in [4.69, 9.17) is 19.7 Å². The van der Waals surface area contributed by atoms with Gasteiger partial charge >= 0.3 is 5.97 Å². The second-order valence-corrected chi connectivity index (χ2v) is 19.4. The third-order valence-electron chi connectivity index (χ3n) is 12.9. The summed E-state index contributed by atoms with van der Waals surface area (Å²) in [7, 11) is 0. The molecule has 0 rings (SSSR count). The fraction of sp³-hybridized carbons (Fsp3) is 0.982. The van der Waals surface area contributed by atoms with Gasteiger partial charge in [-0.2, -0.15) is 0 Å². The van der Waals surface area contributed by atoms with Crippen molar-refractivity contribution >= 4 is 5.97 Å². The zero-order valence-electron chi connectivity index (χ0n) is 43.0. The van der Waals surface area contributed by atoms with Gasteiger partial charge in [0.25, 0.3) is 0 Å². The van der Waals surface area contributed by atoms with Crippen molar-refractivity contribution in [2.24, 2.45) is 0 Å². The van der Waals surface area contributed by atoms with Crippen LogP contribution in [-0.4, -0.2) is 48.7 Å². The van der Waals surface area contributed by atoms with Crippen molar-refractivity contribution in [1.29, 1.82) is 0 Å². The van der Waals surface area contributed by atoms with Crippen molar-refractivity contribution in [3.63, 3.8) is 0 Å². The first-order valence-corrected chi connectivity index (χ1v) is 28.6. The van der Waals surface area contributed by atoms with E-state index in [9.17, 15) is 4.79 Å². The molecule has 0 aliphatic heterocycles. The van der Waals surface area contributed by atoms with Gasteiger partial charge in [-0.15, -0.1) is 0 Å². The number of carbonyl (C=O) groups excluding carboxylic acids is 1. The standard InChI is InChI=1S/C36H74O.C21H42O4/c1-3-5-7-9-11-13-15-17-19-21-23-25-27-29-31-33-35-37-36-34-32-30-28-26-24-22-20-18-16-14-12-10-8-6-4-2;1-2-3-4-5-6-7-8-9-10-11-12-13-14-15-16-17-21(24)25-19-20(23)18-22/h3-36H2,1-2H3;20,22-23H,2-19H2,1H3. The summed E-state index contributed by atoms with van der Waals surface area (Å²) in [6, 6.07) is 0. The maximum Gasteiger partial charge on any atom is 0.305 e. The highest BCUT2D eigenvalue weighted by Gasteiger charge is 2.07. The van der Waals surface area contributed by atoms with Gasteiger partial charge in [-0.05, 0) is 19.3 Å². The fourth-order valence-electron chi connectivity index (χ4n) is 8.56. The number of hydrogen-bond donors (Lipinski definition) is 2. The summed E-state index contributed by atoms with van der Waals surface area (Å²) in [5, 5.41) is 17.7. The zero-order valence-corrected chi connectivity index (χ0v) is 43.0. The summed E-state index contributed by atoms with van der Waals surface area (Å²) in [6.07, 6.45) is 65.1. The van der Waals surface area contributed by atoms with Crippen LogP contribution in [0.5, 0.6) is 0 Å². The lowest BCUT2D eigenvalue weighted by Gasteiger charge is -2.08. The second-order valence-electron chi connectivity index (χ2n) is 19.4. The number of hydrogen-bond acceptors (Lipinski definition) is 5. The first-order valence-electron chi connectivity index (χ1n) is 28.6. The van der Waals surface area contributed by atoms with Crippen LogP contribution in [0.1, 0.15) is 329 Å². The molecule has 374 valence electrons. The number of ether oxygens (including phenoxy) is 2. The molecule has 1 atom stereocenters. The Kier molecular flexibility index (Phi) is 61.7. The van der Waals surface area contributed by atoms with Gasteiger partial charge in [-0.3, -0.25) is 4.79 Å². The molecule has 0 aliphatic carbocycles. The first-order chi connectivity index (χ1) is 30.6. The van der Waals surface area contributed by atoms with E-state index in [2.05, 4.69) is 20.8 Å². The van der Waals surface area contributed by atoms with E-state index in [-0.39, 0.29) is 19.2 Å². The van der Waals surface area contributed by atoms with E-state index in [1.807, 2.05) is 0 Å². The van der Waals surface area contributed by atoms with Crippen LogP contribution in [0, 0.1) is 0 Å². The van der Waals surface area contributed by atoms with Crippen LogP contribution in [0.3, 0.4) is 0 Å². The van der Waals surface area contributed by atoms with Crippen molar-refractivity contribution in [1.82, 2.24) is 0 Å². The van der Waals surface area contributed by atoms with Gasteiger partial charge in [0, 0.05) is 19.6 Å². The highest BCUT2D eigenvalue weighted by atomic mass is 16.5. The number of aliphatic hydroxyl groups excluding tert-OH is 2. The molecule has 0 fully saturated rings. The normalized spacial score (nSPS) is 11.8. The third-order valence-corrected chi connectivity index (χ3v) is 12.9. The molecule has 0 aromatic carbocycles. The van der Waals surface area contributed by atoms with Crippen molar-refractivity contribution in [2.75, 3.05) is 26.4 Å². The molecule has 1 unspecified atom stereocenters. The predicted molar refractivity (Wildman–Crippen MR) is 274 cm³/mol. The van der Waals surface area contributed by atoms with Gasteiger partial charge in [-0.25, -0.2) is 0 Å². The van der Waals surface area contributed by atoms with Crippen LogP contribution < -0.4 is 0 Å². The lowest BCUT2D eigenvalue weighted by molar-refractivity contribution is -0.147.